The molecule has 4 nitrogen and oxygen atoms in total. The predicted molar refractivity (Wildman–Crippen MR) is 64.8 cm³/mol. The van der Waals surface area contributed by atoms with E-state index < -0.39 is 62.8 Å². The fourth-order valence-electron chi connectivity index (χ4n) is 2.27. The van der Waals surface area contributed by atoms with Crippen molar-refractivity contribution >= 4 is 9.84 Å². The zero-order valence-electron chi connectivity index (χ0n) is 11.1. The Labute approximate surface area is 122 Å². The van der Waals surface area contributed by atoms with Gasteiger partial charge in [0.2, 0.25) is 0 Å². The first-order valence-electron chi connectivity index (χ1n) is 5.95. The summed E-state index contributed by atoms with van der Waals surface area (Å²) in [5.41, 5.74) is -1.77. The number of hydrogen-bond donors (Lipinski definition) is 1. The Morgan fingerprint density at radius 3 is 2.41 bits per heavy atom. The Kier molecular flexibility index (Phi) is 4.11. The summed E-state index contributed by atoms with van der Waals surface area (Å²) in [6, 6.07) is 1.63. The highest BCUT2D eigenvalue weighted by Crippen LogP contribution is 2.56. The second-order valence-electron chi connectivity index (χ2n) is 4.80. The highest BCUT2D eigenvalue weighted by molar-refractivity contribution is 7.90. The molecule has 0 fully saturated rings. The minimum atomic E-state index is -4.29. The first-order valence-corrected chi connectivity index (χ1v) is 7.84. The molecule has 124 valence electrons. The maximum atomic E-state index is 13.9. The Hall–Kier alpha value is -1.42. The molecule has 0 unspecified atom stereocenters. The lowest BCUT2D eigenvalue weighted by Crippen LogP contribution is -2.24. The van der Waals surface area contributed by atoms with Crippen LogP contribution in [0.4, 0.5) is 22.0 Å². The minimum Gasteiger partial charge on any atom is -0.487 e. The molecular formula is C12H11F5O4S. The van der Waals surface area contributed by atoms with E-state index in [2.05, 4.69) is 4.74 Å². The van der Waals surface area contributed by atoms with Crippen molar-refractivity contribution in [2.75, 3.05) is 12.9 Å². The number of aliphatic hydroxyl groups excluding tert-OH is 1. The first kappa shape index (κ1) is 16.9. The van der Waals surface area contributed by atoms with Crippen LogP contribution in [0.3, 0.4) is 0 Å². The third-order valence-electron chi connectivity index (χ3n) is 3.20. The Morgan fingerprint density at radius 2 is 1.91 bits per heavy atom. The van der Waals surface area contributed by atoms with Crippen LogP contribution in [0.2, 0.25) is 0 Å². The first-order chi connectivity index (χ1) is 9.98. The number of ether oxygens (including phenoxy) is 1. The van der Waals surface area contributed by atoms with Crippen LogP contribution in [0.1, 0.15) is 23.4 Å². The summed E-state index contributed by atoms with van der Waals surface area (Å²) in [7, 11) is -4.05. The van der Waals surface area contributed by atoms with E-state index in [0.717, 1.165) is 12.1 Å². The number of fused-ring (bicyclic) bond motifs is 1. The Bertz CT molecular complexity index is 689. The molecule has 0 amide bonds. The van der Waals surface area contributed by atoms with Crippen LogP contribution in [-0.4, -0.2) is 38.7 Å². The summed E-state index contributed by atoms with van der Waals surface area (Å²) in [4.78, 5) is -0.695. The summed E-state index contributed by atoms with van der Waals surface area (Å²) < 4.78 is 93.3. The number of alkyl halides is 5. The topological polar surface area (TPSA) is 63.6 Å². The van der Waals surface area contributed by atoms with E-state index in [-0.39, 0.29) is 0 Å². The summed E-state index contributed by atoms with van der Waals surface area (Å²) in [5, 5.41) is 9.57. The van der Waals surface area contributed by atoms with Crippen LogP contribution in [0.15, 0.2) is 17.0 Å². The molecule has 0 heterocycles. The van der Waals surface area contributed by atoms with Crippen LogP contribution in [-0.2, 0) is 9.84 Å². The molecule has 0 aliphatic heterocycles. The summed E-state index contributed by atoms with van der Waals surface area (Å²) in [6.45, 7) is -1.18. The quantitative estimate of drug-likeness (QED) is 0.851. The van der Waals surface area contributed by atoms with Crippen molar-refractivity contribution in [1.29, 1.82) is 0 Å². The zero-order chi connectivity index (χ0) is 16.9. The minimum absolute atomic E-state index is 0.647. The summed E-state index contributed by atoms with van der Waals surface area (Å²) in [6.07, 6.45) is -8.02. The maximum Gasteiger partial charge on any atom is 0.312 e. The Morgan fingerprint density at radius 1 is 1.32 bits per heavy atom. The monoisotopic (exact) mass is 346 g/mol. The van der Waals surface area contributed by atoms with Gasteiger partial charge in [-0.05, 0) is 12.1 Å². The van der Waals surface area contributed by atoms with Crippen molar-refractivity contribution in [2.24, 2.45) is 0 Å². The van der Waals surface area contributed by atoms with E-state index in [1.165, 1.54) is 0 Å². The number of halogens is 5. The van der Waals surface area contributed by atoms with Gasteiger partial charge in [-0.25, -0.2) is 21.6 Å². The zero-order valence-corrected chi connectivity index (χ0v) is 11.9. The van der Waals surface area contributed by atoms with Gasteiger partial charge in [0.15, 0.2) is 16.0 Å². The normalized spacial score (nSPS) is 23.6. The van der Waals surface area contributed by atoms with Crippen LogP contribution < -0.4 is 4.74 Å². The molecule has 0 spiro atoms. The van der Waals surface area contributed by atoms with Crippen LogP contribution in [0.5, 0.6) is 5.75 Å². The van der Waals surface area contributed by atoms with Crippen molar-refractivity contribution in [1.82, 2.24) is 0 Å². The van der Waals surface area contributed by atoms with Crippen molar-refractivity contribution in [3.8, 4) is 5.75 Å². The van der Waals surface area contributed by atoms with E-state index in [1.54, 1.807) is 0 Å². The molecule has 0 aromatic heterocycles. The smallest absolute Gasteiger partial charge is 0.312 e. The van der Waals surface area contributed by atoms with Crippen molar-refractivity contribution in [3.63, 3.8) is 0 Å². The van der Waals surface area contributed by atoms with Crippen LogP contribution in [0, 0.1) is 0 Å². The van der Waals surface area contributed by atoms with Gasteiger partial charge in [0.1, 0.15) is 18.5 Å². The van der Waals surface area contributed by atoms with Crippen molar-refractivity contribution in [3.05, 3.63) is 23.3 Å². The van der Waals surface area contributed by atoms with E-state index in [9.17, 15) is 35.5 Å². The number of hydrogen-bond acceptors (Lipinski definition) is 4. The molecule has 1 aromatic rings. The molecule has 1 aliphatic carbocycles. The van der Waals surface area contributed by atoms with Gasteiger partial charge in [0, 0.05) is 17.4 Å². The number of rotatable bonds is 4. The van der Waals surface area contributed by atoms with Gasteiger partial charge < -0.3 is 9.84 Å². The molecule has 0 saturated carbocycles. The second kappa shape index (κ2) is 5.34. The Balaban J connectivity index is 2.66. The third-order valence-corrected chi connectivity index (χ3v) is 4.36. The molecule has 10 heteroatoms. The van der Waals surface area contributed by atoms with Gasteiger partial charge in [0.05, 0.1) is 4.90 Å². The molecule has 0 bridgehead atoms. The number of sulfone groups is 1. The highest BCUT2D eigenvalue weighted by Gasteiger charge is 2.58. The molecule has 0 radical (unpaired) electrons. The number of benzene rings is 1. The molecule has 2 rings (SSSR count). The maximum absolute atomic E-state index is 13.9. The largest absolute Gasteiger partial charge is 0.487 e. The van der Waals surface area contributed by atoms with Crippen molar-refractivity contribution in [2.45, 2.75) is 29.5 Å². The second-order valence-corrected chi connectivity index (χ2v) is 6.79. The van der Waals surface area contributed by atoms with Crippen LogP contribution in [0.25, 0.3) is 0 Å². The highest BCUT2D eigenvalue weighted by atomic mass is 32.2. The molecule has 1 aliphatic rings. The molecule has 1 N–H and O–H groups in total. The van der Waals surface area contributed by atoms with E-state index in [1.807, 2.05) is 0 Å². The average Bonchev–Trinajstić information content (AvgIpc) is 2.57. The lowest BCUT2D eigenvalue weighted by Gasteiger charge is -2.16. The molecule has 0 saturated heterocycles. The SMILES string of the molecule is CS(=O)(=O)c1ccc(OCC(F)F)c2c1[C@H](O)C(F)(F)[C@@H]2F. The standard InChI is InChI=1S/C12H11F5O4S/c1-22(19,20)6-3-2-5(21-4-7(13)14)8-9(6)11(18)12(16,17)10(8)15/h2-3,7,10-11,18H,4H2,1H3/t10-,11+/m1/s1. The van der Waals surface area contributed by atoms with Gasteiger partial charge in [-0.15, -0.1) is 0 Å². The summed E-state index contributed by atoms with van der Waals surface area (Å²) >= 11 is 0. The van der Waals surface area contributed by atoms with Gasteiger partial charge in [-0.3, -0.25) is 0 Å². The van der Waals surface area contributed by atoms with E-state index in [0.29, 0.717) is 6.26 Å². The predicted octanol–water partition coefficient (Wildman–Crippen LogP) is 2.43. The fourth-order valence-corrected chi connectivity index (χ4v) is 3.20. The van der Waals surface area contributed by atoms with Gasteiger partial charge >= 0.3 is 5.92 Å². The molecule has 22 heavy (non-hydrogen) atoms. The van der Waals surface area contributed by atoms with E-state index >= 15 is 0 Å². The molecule has 2 atom stereocenters. The third kappa shape index (κ3) is 2.65. The van der Waals surface area contributed by atoms with Crippen molar-refractivity contribution < 1.29 is 40.2 Å². The van der Waals surface area contributed by atoms with Gasteiger partial charge in [0.25, 0.3) is 6.43 Å². The van der Waals surface area contributed by atoms with Gasteiger partial charge in [-0.1, -0.05) is 0 Å². The lowest BCUT2D eigenvalue weighted by atomic mass is 10.1. The van der Waals surface area contributed by atoms with E-state index in [4.69, 9.17) is 0 Å². The van der Waals surface area contributed by atoms with Gasteiger partial charge in [-0.2, -0.15) is 8.78 Å². The lowest BCUT2D eigenvalue weighted by molar-refractivity contribution is -0.144. The number of aliphatic hydroxyl groups is 1. The fraction of sp³-hybridized carbons (Fsp3) is 0.500. The average molecular weight is 346 g/mol. The van der Waals surface area contributed by atoms with Crippen LogP contribution >= 0.6 is 0 Å². The molecular weight excluding hydrogens is 335 g/mol. The summed E-state index contributed by atoms with van der Waals surface area (Å²) in [5.74, 6) is -4.93. The molecule has 1 aromatic carbocycles.